The van der Waals surface area contributed by atoms with Crippen molar-refractivity contribution in [2.75, 3.05) is 18.8 Å². The molecule has 1 aromatic carbocycles. The molecule has 2 aliphatic heterocycles. The zero-order chi connectivity index (χ0) is 24.8. The van der Waals surface area contributed by atoms with E-state index in [2.05, 4.69) is 15.7 Å². The van der Waals surface area contributed by atoms with Crippen molar-refractivity contribution < 1.29 is 14.3 Å². The molecule has 0 unspecified atom stereocenters. The van der Waals surface area contributed by atoms with Gasteiger partial charge in [-0.2, -0.15) is 5.10 Å². The van der Waals surface area contributed by atoms with Crippen LogP contribution >= 0.6 is 0 Å². The predicted molar refractivity (Wildman–Crippen MR) is 134 cm³/mol. The number of carbonyl (C=O) groups is 1. The summed E-state index contributed by atoms with van der Waals surface area (Å²) in [5.74, 6) is 0.891. The monoisotopic (exact) mass is 475 g/mol. The van der Waals surface area contributed by atoms with Gasteiger partial charge in [0.05, 0.1) is 5.69 Å². The molecular formula is C27H33N5O3. The average Bonchev–Trinajstić information content (AvgIpc) is 3.52. The normalized spacial score (nSPS) is 20.2. The highest BCUT2D eigenvalue weighted by atomic mass is 16.6. The lowest BCUT2D eigenvalue weighted by Gasteiger charge is -2.26. The van der Waals surface area contributed by atoms with Gasteiger partial charge in [-0.15, -0.1) is 0 Å². The zero-order valence-corrected chi connectivity index (χ0v) is 20.8. The molecule has 1 fully saturated rings. The van der Waals surface area contributed by atoms with Crippen molar-refractivity contribution in [2.45, 2.75) is 64.2 Å². The molecule has 4 heterocycles. The Hall–Kier alpha value is -3.55. The van der Waals surface area contributed by atoms with E-state index in [-0.39, 0.29) is 17.6 Å². The van der Waals surface area contributed by atoms with Crippen LogP contribution in [0.25, 0.3) is 11.3 Å². The van der Waals surface area contributed by atoms with Crippen LogP contribution in [0.4, 0.5) is 10.6 Å². The Morgan fingerprint density at radius 2 is 1.89 bits per heavy atom. The predicted octanol–water partition coefficient (Wildman–Crippen LogP) is 4.95. The van der Waals surface area contributed by atoms with Crippen LogP contribution in [0.3, 0.4) is 0 Å². The summed E-state index contributed by atoms with van der Waals surface area (Å²) < 4.78 is 13.8. The highest BCUT2D eigenvalue weighted by Gasteiger charge is 2.47. The van der Waals surface area contributed by atoms with Gasteiger partial charge in [-0.1, -0.05) is 30.3 Å². The number of pyridine rings is 1. The first kappa shape index (κ1) is 23.2. The molecule has 0 saturated carbocycles. The van der Waals surface area contributed by atoms with Crippen LogP contribution in [-0.4, -0.2) is 44.4 Å². The Labute approximate surface area is 206 Å². The Morgan fingerprint density at radius 3 is 2.63 bits per heavy atom. The number of nitrogen functional groups attached to an aromatic ring is 1. The fourth-order valence-electron chi connectivity index (χ4n) is 5.04. The van der Waals surface area contributed by atoms with Gasteiger partial charge in [0.15, 0.2) is 11.6 Å². The van der Waals surface area contributed by atoms with Crippen LogP contribution in [0.5, 0.6) is 5.75 Å². The first-order valence-corrected chi connectivity index (χ1v) is 12.2. The van der Waals surface area contributed by atoms with Crippen molar-refractivity contribution in [1.29, 1.82) is 0 Å². The van der Waals surface area contributed by atoms with Gasteiger partial charge in [0, 0.05) is 42.5 Å². The number of hydrogen-bond donors (Lipinski definition) is 1. The molecule has 0 bridgehead atoms. The van der Waals surface area contributed by atoms with Crippen LogP contribution in [0.1, 0.15) is 57.9 Å². The van der Waals surface area contributed by atoms with E-state index >= 15 is 0 Å². The first-order chi connectivity index (χ1) is 16.6. The molecule has 8 nitrogen and oxygen atoms in total. The summed E-state index contributed by atoms with van der Waals surface area (Å²) in [6.45, 7) is 9.85. The van der Waals surface area contributed by atoms with E-state index in [9.17, 15) is 4.79 Å². The molecule has 184 valence electrons. The number of rotatable bonds is 4. The van der Waals surface area contributed by atoms with Gasteiger partial charge in [0.25, 0.3) is 0 Å². The van der Waals surface area contributed by atoms with E-state index in [0.717, 1.165) is 41.9 Å². The topological polar surface area (TPSA) is 95.5 Å². The lowest BCUT2D eigenvalue weighted by atomic mass is 9.82. The Bertz CT molecular complexity index is 1230. The number of anilines is 1. The fraction of sp³-hybridized carbons (Fsp3) is 0.444. The summed E-state index contributed by atoms with van der Waals surface area (Å²) in [7, 11) is 0. The van der Waals surface area contributed by atoms with E-state index in [1.54, 1.807) is 6.20 Å². The van der Waals surface area contributed by atoms with Gasteiger partial charge in [-0.25, -0.2) is 9.78 Å². The van der Waals surface area contributed by atoms with Crippen molar-refractivity contribution in [3.05, 3.63) is 59.9 Å². The van der Waals surface area contributed by atoms with Gasteiger partial charge in [-0.3, -0.25) is 4.68 Å². The van der Waals surface area contributed by atoms with Crippen LogP contribution in [-0.2, 0) is 16.7 Å². The quantitative estimate of drug-likeness (QED) is 0.574. The minimum Gasteiger partial charge on any atom is -0.482 e. The van der Waals surface area contributed by atoms with Crippen LogP contribution in [0, 0.1) is 0 Å². The van der Waals surface area contributed by atoms with Crippen molar-refractivity contribution in [2.24, 2.45) is 0 Å². The molecule has 8 heteroatoms. The minimum absolute atomic E-state index is 0.0927. The molecule has 0 aliphatic carbocycles. The maximum absolute atomic E-state index is 12.6. The smallest absolute Gasteiger partial charge is 0.410 e. The minimum atomic E-state index is -0.503. The molecule has 2 aliphatic rings. The molecule has 0 radical (unpaired) electrons. The average molecular weight is 476 g/mol. The molecular weight excluding hydrogens is 442 g/mol. The number of likely N-dealkylation sites (tertiary alicyclic amines) is 1. The van der Waals surface area contributed by atoms with Crippen LogP contribution < -0.4 is 10.5 Å². The second kappa shape index (κ2) is 8.59. The maximum Gasteiger partial charge on any atom is 0.410 e. The van der Waals surface area contributed by atoms with Crippen LogP contribution in [0.2, 0.25) is 0 Å². The number of fused-ring (bicyclic) bond motifs is 2. The van der Waals surface area contributed by atoms with Crippen molar-refractivity contribution in [1.82, 2.24) is 19.7 Å². The third-order valence-corrected chi connectivity index (χ3v) is 6.88. The number of carbonyl (C=O) groups excluding carboxylic acids is 1. The molecule has 1 amide bonds. The van der Waals surface area contributed by atoms with Crippen molar-refractivity contribution in [3.63, 3.8) is 0 Å². The molecule has 35 heavy (non-hydrogen) atoms. The number of hydrogen-bond acceptors (Lipinski definition) is 6. The first-order valence-electron chi connectivity index (χ1n) is 12.2. The molecule has 1 spiro atoms. The summed E-state index contributed by atoms with van der Waals surface area (Å²) in [6.07, 6.45) is 3.20. The Balaban J connectivity index is 1.36. The summed E-state index contributed by atoms with van der Waals surface area (Å²) in [4.78, 5) is 18.9. The third-order valence-electron chi connectivity index (χ3n) is 6.88. The lowest BCUT2D eigenvalue weighted by molar-refractivity contribution is 0.0284. The molecule has 2 aromatic heterocycles. The van der Waals surface area contributed by atoms with Crippen molar-refractivity contribution >= 4 is 11.9 Å². The van der Waals surface area contributed by atoms with Crippen molar-refractivity contribution in [3.8, 4) is 17.0 Å². The van der Waals surface area contributed by atoms with E-state index in [0.29, 0.717) is 24.7 Å². The van der Waals surface area contributed by atoms with E-state index in [1.807, 2.05) is 69.0 Å². The van der Waals surface area contributed by atoms with Gasteiger partial charge in [-0.05, 0) is 58.2 Å². The highest BCUT2D eigenvalue weighted by molar-refractivity contribution is 5.69. The van der Waals surface area contributed by atoms with E-state index in [1.165, 1.54) is 0 Å². The van der Waals surface area contributed by atoms with Gasteiger partial charge in [0.1, 0.15) is 11.7 Å². The number of benzene rings is 1. The molecule has 5 rings (SSSR count). The van der Waals surface area contributed by atoms with Crippen LogP contribution in [0.15, 0.2) is 48.7 Å². The number of aryl methyl sites for hydroxylation is 1. The number of nitrogens with two attached hydrogens (primary N) is 1. The summed E-state index contributed by atoms with van der Waals surface area (Å²) in [6, 6.07) is 14.1. The standard InChI is InChI=1S/C27H33N5O3/c1-18(19-8-6-5-7-9-19)34-22-14-20(16-29-24(22)28)21-15-23-27(11-13-32(23)30-21)10-12-31(17-27)25(33)35-26(2,3)4/h5-9,14-16,18H,10-13,17H2,1-4H3,(H2,28,29)/t18-,27+/m0/s1. The van der Waals surface area contributed by atoms with Gasteiger partial charge >= 0.3 is 6.09 Å². The number of aromatic nitrogens is 3. The molecule has 2 atom stereocenters. The second-order valence-electron chi connectivity index (χ2n) is 10.6. The van der Waals surface area contributed by atoms with E-state index < -0.39 is 5.60 Å². The summed E-state index contributed by atoms with van der Waals surface area (Å²) in [5.41, 5.74) is 9.46. The van der Waals surface area contributed by atoms with Gasteiger partial charge in [0.2, 0.25) is 0 Å². The molecule has 3 aromatic rings. The molecule has 2 N–H and O–H groups in total. The number of ether oxygens (including phenoxy) is 2. The Morgan fingerprint density at radius 1 is 1.14 bits per heavy atom. The number of nitrogens with zero attached hydrogens (tertiary/aromatic N) is 4. The number of amides is 1. The summed E-state index contributed by atoms with van der Waals surface area (Å²) in [5, 5.41) is 4.86. The van der Waals surface area contributed by atoms with E-state index in [4.69, 9.17) is 20.3 Å². The molecule has 1 saturated heterocycles. The second-order valence-corrected chi connectivity index (χ2v) is 10.6. The largest absolute Gasteiger partial charge is 0.482 e. The zero-order valence-electron chi connectivity index (χ0n) is 20.8. The Kier molecular flexibility index (Phi) is 5.69. The highest BCUT2D eigenvalue weighted by Crippen LogP contribution is 2.44. The summed E-state index contributed by atoms with van der Waals surface area (Å²) >= 11 is 0. The fourth-order valence-corrected chi connectivity index (χ4v) is 5.04. The lowest BCUT2D eigenvalue weighted by Crippen LogP contribution is -2.37. The SMILES string of the molecule is C[C@H](Oc1cc(-c2cc3n(n2)CC[C@@]32CCN(C(=O)OC(C)(C)C)C2)cnc1N)c1ccccc1. The van der Waals surface area contributed by atoms with Gasteiger partial charge < -0.3 is 20.1 Å². The third kappa shape index (κ3) is 4.57. The maximum atomic E-state index is 12.6.